The van der Waals surface area contributed by atoms with Gasteiger partial charge in [0.15, 0.2) is 0 Å². The van der Waals surface area contributed by atoms with E-state index < -0.39 is 16.1 Å². The summed E-state index contributed by atoms with van der Waals surface area (Å²) in [6, 6.07) is 11.5. The Morgan fingerprint density at radius 3 is 2.52 bits per heavy atom. The second-order valence-corrected chi connectivity index (χ2v) is 9.28. The van der Waals surface area contributed by atoms with E-state index in [1.54, 1.807) is 31.3 Å². The monoisotopic (exact) mass is 416 g/mol. The van der Waals surface area contributed by atoms with Crippen molar-refractivity contribution in [2.24, 2.45) is 0 Å². The summed E-state index contributed by atoms with van der Waals surface area (Å²) in [5.74, 6) is -0.236. The fourth-order valence-corrected chi connectivity index (χ4v) is 4.97. The van der Waals surface area contributed by atoms with Crippen molar-refractivity contribution in [3.63, 3.8) is 0 Å². The van der Waals surface area contributed by atoms with Crippen molar-refractivity contribution in [2.75, 3.05) is 18.4 Å². The number of amides is 1. The first-order valence-corrected chi connectivity index (χ1v) is 11.4. The van der Waals surface area contributed by atoms with Crippen LogP contribution in [0.3, 0.4) is 0 Å². The number of hydrogen-bond donors (Lipinski definition) is 2. The van der Waals surface area contributed by atoms with Crippen LogP contribution in [0.15, 0.2) is 53.6 Å². The van der Waals surface area contributed by atoms with Gasteiger partial charge in [0.2, 0.25) is 15.9 Å². The number of aromatic nitrogens is 1. The zero-order valence-electron chi connectivity index (χ0n) is 16.8. The van der Waals surface area contributed by atoms with Crippen molar-refractivity contribution < 1.29 is 13.2 Å². The van der Waals surface area contributed by atoms with Crippen LogP contribution in [-0.4, -0.2) is 42.7 Å². The van der Waals surface area contributed by atoms with Crippen LogP contribution in [0.2, 0.25) is 0 Å². The van der Waals surface area contributed by atoms with Gasteiger partial charge in [-0.05, 0) is 57.0 Å². The summed E-state index contributed by atoms with van der Waals surface area (Å²) in [7, 11) is -3.54. The highest BCUT2D eigenvalue weighted by Crippen LogP contribution is 2.23. The Morgan fingerprint density at radius 2 is 1.83 bits per heavy atom. The lowest BCUT2D eigenvalue weighted by atomic mass is 10.2. The maximum absolute atomic E-state index is 12.9. The molecule has 29 heavy (non-hydrogen) atoms. The molecule has 2 unspecified atom stereocenters. The third-order valence-electron chi connectivity index (χ3n) is 5.08. The molecule has 1 aromatic carbocycles. The number of carbonyl (C=O) groups is 1. The van der Waals surface area contributed by atoms with E-state index in [1.165, 1.54) is 10.4 Å². The van der Waals surface area contributed by atoms with Gasteiger partial charge in [0.1, 0.15) is 0 Å². The third kappa shape index (κ3) is 5.41. The minimum absolute atomic E-state index is 0.0947. The molecule has 1 saturated heterocycles. The van der Waals surface area contributed by atoms with Gasteiger partial charge < -0.3 is 5.32 Å². The normalized spacial score (nSPS) is 17.4. The van der Waals surface area contributed by atoms with Crippen LogP contribution in [-0.2, 0) is 14.8 Å². The van der Waals surface area contributed by atoms with Crippen LogP contribution in [0.25, 0.3) is 0 Å². The van der Waals surface area contributed by atoms with E-state index in [0.717, 1.165) is 25.0 Å². The molecule has 1 aromatic heterocycles. The Labute approximate surface area is 172 Å². The molecular formula is C21H28N4O3S. The van der Waals surface area contributed by atoms with Gasteiger partial charge in [0.25, 0.3) is 0 Å². The van der Waals surface area contributed by atoms with E-state index in [-0.39, 0.29) is 16.8 Å². The molecule has 8 heteroatoms. The molecule has 1 fully saturated rings. The molecule has 1 aliphatic heterocycles. The first-order valence-electron chi connectivity index (χ1n) is 9.96. The third-order valence-corrected chi connectivity index (χ3v) is 6.97. The van der Waals surface area contributed by atoms with Crippen LogP contribution in [0.4, 0.5) is 5.69 Å². The zero-order chi connectivity index (χ0) is 20.9. The molecule has 2 aromatic rings. The molecule has 2 atom stereocenters. The highest BCUT2D eigenvalue weighted by Gasteiger charge is 2.26. The number of nitrogens with one attached hydrogen (secondary N) is 2. The number of piperidine rings is 1. The van der Waals surface area contributed by atoms with Crippen LogP contribution >= 0.6 is 0 Å². The van der Waals surface area contributed by atoms with Gasteiger partial charge in [-0.2, -0.15) is 4.31 Å². The van der Waals surface area contributed by atoms with Gasteiger partial charge in [-0.15, -0.1) is 0 Å². The van der Waals surface area contributed by atoms with E-state index >= 15 is 0 Å². The molecular weight excluding hydrogens is 388 g/mol. The van der Waals surface area contributed by atoms with Crippen molar-refractivity contribution in [1.29, 1.82) is 0 Å². The Morgan fingerprint density at radius 1 is 1.07 bits per heavy atom. The molecule has 0 aliphatic carbocycles. The fraction of sp³-hybridized carbons (Fsp3) is 0.429. The number of nitrogens with zero attached hydrogens (tertiary/aromatic N) is 2. The first kappa shape index (κ1) is 21.4. The van der Waals surface area contributed by atoms with Crippen molar-refractivity contribution in [2.45, 2.75) is 50.1 Å². The molecule has 0 saturated carbocycles. The number of hydrogen-bond acceptors (Lipinski definition) is 5. The Hall–Kier alpha value is -2.29. The summed E-state index contributed by atoms with van der Waals surface area (Å²) in [4.78, 5) is 17.1. The lowest BCUT2D eigenvalue weighted by molar-refractivity contribution is -0.117. The van der Waals surface area contributed by atoms with Crippen molar-refractivity contribution >= 4 is 21.6 Å². The highest BCUT2D eigenvalue weighted by atomic mass is 32.2. The quantitative estimate of drug-likeness (QED) is 0.724. The fourth-order valence-electron chi connectivity index (χ4n) is 3.41. The lowest BCUT2D eigenvalue weighted by Gasteiger charge is -2.26. The second kappa shape index (κ2) is 9.47. The average Bonchev–Trinajstić information content (AvgIpc) is 2.75. The zero-order valence-corrected chi connectivity index (χ0v) is 17.7. The van der Waals surface area contributed by atoms with Gasteiger partial charge in [-0.3, -0.25) is 15.1 Å². The van der Waals surface area contributed by atoms with E-state index in [0.29, 0.717) is 18.8 Å². The minimum Gasteiger partial charge on any atom is -0.325 e. The van der Waals surface area contributed by atoms with E-state index in [1.807, 2.05) is 25.1 Å². The molecule has 0 bridgehead atoms. The lowest BCUT2D eigenvalue weighted by Crippen LogP contribution is -2.39. The van der Waals surface area contributed by atoms with Gasteiger partial charge in [-0.1, -0.05) is 18.6 Å². The molecule has 2 N–H and O–H groups in total. The van der Waals surface area contributed by atoms with Gasteiger partial charge in [0, 0.05) is 31.0 Å². The molecule has 7 nitrogen and oxygen atoms in total. The van der Waals surface area contributed by atoms with Gasteiger partial charge >= 0.3 is 0 Å². The van der Waals surface area contributed by atoms with Crippen molar-refractivity contribution in [3.8, 4) is 0 Å². The molecule has 2 heterocycles. The molecule has 1 amide bonds. The van der Waals surface area contributed by atoms with Crippen LogP contribution in [0.1, 0.15) is 44.8 Å². The Balaban J connectivity index is 1.65. The summed E-state index contributed by atoms with van der Waals surface area (Å²) in [6.45, 7) is 4.80. The molecule has 1 aliphatic rings. The first-order chi connectivity index (χ1) is 13.9. The topological polar surface area (TPSA) is 91.4 Å². The molecule has 156 valence electrons. The van der Waals surface area contributed by atoms with E-state index in [9.17, 15) is 13.2 Å². The van der Waals surface area contributed by atoms with Gasteiger partial charge in [0.05, 0.1) is 16.6 Å². The summed E-state index contributed by atoms with van der Waals surface area (Å²) >= 11 is 0. The number of sulfonamides is 1. The summed E-state index contributed by atoms with van der Waals surface area (Å²) in [6.07, 6.45) is 4.54. The minimum atomic E-state index is -3.54. The van der Waals surface area contributed by atoms with Crippen LogP contribution < -0.4 is 10.6 Å². The van der Waals surface area contributed by atoms with E-state index in [4.69, 9.17) is 0 Å². The summed E-state index contributed by atoms with van der Waals surface area (Å²) < 4.78 is 27.2. The Bertz CT molecular complexity index is 928. The predicted molar refractivity (Wildman–Crippen MR) is 113 cm³/mol. The SMILES string of the molecule is CC(NC(C)c1ccccn1)C(=O)Nc1cccc(S(=O)(=O)N2CCCCC2)c1. The Kier molecular flexibility index (Phi) is 7.00. The number of anilines is 1. The average molecular weight is 417 g/mol. The largest absolute Gasteiger partial charge is 0.325 e. The number of rotatable bonds is 7. The van der Waals surface area contributed by atoms with Gasteiger partial charge in [-0.25, -0.2) is 8.42 Å². The predicted octanol–water partition coefficient (Wildman–Crippen LogP) is 2.93. The molecule has 0 spiro atoms. The van der Waals surface area contributed by atoms with Crippen molar-refractivity contribution in [3.05, 3.63) is 54.4 Å². The number of carbonyl (C=O) groups excluding carboxylic acids is 1. The maximum atomic E-state index is 12.9. The molecule has 3 rings (SSSR count). The maximum Gasteiger partial charge on any atom is 0.243 e. The standard InChI is InChI=1S/C21H28N4O3S/c1-16(20-11-4-5-12-22-20)23-17(2)21(26)24-18-9-8-10-19(15-18)29(27,28)25-13-6-3-7-14-25/h4-5,8-12,15-17,23H,3,6-7,13-14H2,1-2H3,(H,24,26). The summed E-state index contributed by atoms with van der Waals surface area (Å²) in [5, 5.41) is 6.02. The smallest absolute Gasteiger partial charge is 0.243 e. The van der Waals surface area contributed by atoms with Crippen LogP contribution in [0, 0.1) is 0 Å². The number of benzene rings is 1. The second-order valence-electron chi connectivity index (χ2n) is 7.35. The summed E-state index contributed by atoms with van der Waals surface area (Å²) in [5.41, 5.74) is 1.31. The molecule has 0 radical (unpaired) electrons. The highest BCUT2D eigenvalue weighted by molar-refractivity contribution is 7.89. The number of pyridine rings is 1. The van der Waals surface area contributed by atoms with E-state index in [2.05, 4.69) is 15.6 Å². The van der Waals surface area contributed by atoms with Crippen molar-refractivity contribution in [1.82, 2.24) is 14.6 Å². The van der Waals surface area contributed by atoms with Crippen LogP contribution in [0.5, 0.6) is 0 Å².